The van der Waals surface area contributed by atoms with Gasteiger partial charge in [0.1, 0.15) is 12.0 Å². The summed E-state index contributed by atoms with van der Waals surface area (Å²) in [6.07, 6.45) is 1.37. The summed E-state index contributed by atoms with van der Waals surface area (Å²) in [6, 6.07) is 6.82. The molecule has 0 bridgehead atoms. The zero-order chi connectivity index (χ0) is 15.9. The van der Waals surface area contributed by atoms with Crippen molar-refractivity contribution in [2.24, 2.45) is 0 Å². The number of ether oxygens (including phenoxy) is 2. The smallest absolute Gasteiger partial charge is 0.338 e. The van der Waals surface area contributed by atoms with E-state index in [1.807, 2.05) is 6.92 Å². The normalized spacial score (nSPS) is 10.1. The number of anilines is 3. The fraction of sp³-hybridized carbons (Fsp3) is 0.267. The molecule has 0 amide bonds. The van der Waals surface area contributed by atoms with E-state index in [-0.39, 0.29) is 5.97 Å². The Morgan fingerprint density at radius 3 is 2.55 bits per heavy atom. The van der Waals surface area contributed by atoms with Gasteiger partial charge in [0.25, 0.3) is 0 Å². The molecule has 7 nitrogen and oxygen atoms in total. The molecule has 2 aromatic rings. The summed E-state index contributed by atoms with van der Waals surface area (Å²) >= 11 is 0. The molecule has 0 radical (unpaired) electrons. The summed E-state index contributed by atoms with van der Waals surface area (Å²) < 4.78 is 10.2. The molecule has 116 valence electrons. The molecule has 0 aliphatic carbocycles. The van der Waals surface area contributed by atoms with Crippen molar-refractivity contribution in [1.29, 1.82) is 0 Å². The summed E-state index contributed by atoms with van der Waals surface area (Å²) in [7, 11) is 0. The number of nitrogen functional groups attached to an aromatic ring is 1. The second-order valence-electron chi connectivity index (χ2n) is 4.30. The van der Waals surface area contributed by atoms with Gasteiger partial charge in [0.2, 0.25) is 5.88 Å². The van der Waals surface area contributed by atoms with E-state index < -0.39 is 0 Å². The first-order chi connectivity index (χ1) is 10.7. The van der Waals surface area contributed by atoms with E-state index in [0.717, 1.165) is 5.69 Å². The minimum absolute atomic E-state index is 0.332. The predicted octanol–water partition coefficient (Wildman–Crippen LogP) is 2.38. The lowest BCUT2D eigenvalue weighted by Crippen LogP contribution is -2.06. The zero-order valence-electron chi connectivity index (χ0n) is 12.5. The number of aromatic nitrogens is 2. The van der Waals surface area contributed by atoms with Crippen LogP contribution in [0.25, 0.3) is 0 Å². The van der Waals surface area contributed by atoms with Crippen molar-refractivity contribution < 1.29 is 14.3 Å². The van der Waals surface area contributed by atoms with Crippen molar-refractivity contribution in [3.05, 3.63) is 36.2 Å². The van der Waals surface area contributed by atoms with Crippen molar-refractivity contribution in [3.8, 4) is 5.88 Å². The summed E-state index contributed by atoms with van der Waals surface area (Å²) in [4.78, 5) is 19.6. The Morgan fingerprint density at radius 2 is 1.91 bits per heavy atom. The van der Waals surface area contributed by atoms with Crippen LogP contribution in [0.15, 0.2) is 30.6 Å². The van der Waals surface area contributed by atoms with Crippen LogP contribution in [-0.2, 0) is 4.74 Å². The third-order valence-corrected chi connectivity index (χ3v) is 2.79. The van der Waals surface area contributed by atoms with E-state index in [0.29, 0.717) is 36.2 Å². The number of rotatable bonds is 6. The molecule has 0 spiro atoms. The highest BCUT2D eigenvalue weighted by Gasteiger charge is 2.10. The largest absolute Gasteiger partial charge is 0.476 e. The van der Waals surface area contributed by atoms with Crippen molar-refractivity contribution >= 4 is 23.2 Å². The van der Waals surface area contributed by atoms with Gasteiger partial charge < -0.3 is 20.5 Å². The van der Waals surface area contributed by atoms with E-state index in [9.17, 15) is 4.79 Å². The lowest BCUT2D eigenvalue weighted by Gasteiger charge is -2.11. The van der Waals surface area contributed by atoms with Crippen LogP contribution in [0.4, 0.5) is 17.2 Å². The number of nitrogens with two attached hydrogens (primary N) is 1. The van der Waals surface area contributed by atoms with Gasteiger partial charge in [0, 0.05) is 5.69 Å². The van der Waals surface area contributed by atoms with Crippen molar-refractivity contribution in [1.82, 2.24) is 9.97 Å². The first-order valence-electron chi connectivity index (χ1n) is 6.93. The number of nitrogens with one attached hydrogen (secondary N) is 1. The standard InChI is InChI=1S/C15H18N4O3/c1-3-21-14-12(16)13(17-9-18-14)19-11-7-5-10(6-8-11)15(20)22-4-2/h5-9H,3-4,16H2,1-2H3,(H,17,18,19). The van der Waals surface area contributed by atoms with Crippen molar-refractivity contribution in [3.63, 3.8) is 0 Å². The molecule has 1 aromatic carbocycles. The Bertz CT molecular complexity index is 644. The minimum atomic E-state index is -0.353. The molecule has 22 heavy (non-hydrogen) atoms. The van der Waals surface area contributed by atoms with Crippen LogP contribution in [0, 0.1) is 0 Å². The Kier molecular flexibility index (Phi) is 5.13. The maximum absolute atomic E-state index is 11.6. The quantitative estimate of drug-likeness (QED) is 0.790. The van der Waals surface area contributed by atoms with Gasteiger partial charge in [0.05, 0.1) is 18.8 Å². The van der Waals surface area contributed by atoms with Crippen LogP contribution in [0.3, 0.4) is 0 Å². The lowest BCUT2D eigenvalue weighted by molar-refractivity contribution is 0.0526. The van der Waals surface area contributed by atoms with Crippen LogP contribution in [0.1, 0.15) is 24.2 Å². The molecule has 0 unspecified atom stereocenters. The summed E-state index contributed by atoms with van der Waals surface area (Å²) in [6.45, 7) is 4.43. The Labute approximate surface area is 128 Å². The summed E-state index contributed by atoms with van der Waals surface area (Å²) in [5.74, 6) is 0.430. The molecule has 1 heterocycles. The second-order valence-corrected chi connectivity index (χ2v) is 4.30. The number of hydrogen-bond donors (Lipinski definition) is 2. The molecule has 7 heteroatoms. The fourth-order valence-corrected chi connectivity index (χ4v) is 1.77. The highest BCUT2D eigenvalue weighted by molar-refractivity contribution is 5.90. The van der Waals surface area contributed by atoms with Gasteiger partial charge in [-0.3, -0.25) is 0 Å². The molecule has 0 fully saturated rings. The molecule has 3 N–H and O–H groups in total. The van der Waals surface area contributed by atoms with Gasteiger partial charge >= 0.3 is 5.97 Å². The number of hydrogen-bond acceptors (Lipinski definition) is 7. The lowest BCUT2D eigenvalue weighted by atomic mass is 10.2. The molecule has 0 aliphatic rings. The Balaban J connectivity index is 2.14. The summed E-state index contributed by atoms with van der Waals surface area (Å²) in [5, 5.41) is 3.06. The van der Waals surface area contributed by atoms with E-state index in [1.54, 1.807) is 31.2 Å². The molecule has 0 saturated carbocycles. The van der Waals surface area contributed by atoms with Crippen LogP contribution in [-0.4, -0.2) is 29.2 Å². The van der Waals surface area contributed by atoms with Gasteiger partial charge in [-0.1, -0.05) is 0 Å². The molecule has 2 rings (SSSR count). The Morgan fingerprint density at radius 1 is 1.18 bits per heavy atom. The first-order valence-corrected chi connectivity index (χ1v) is 6.93. The second kappa shape index (κ2) is 7.26. The fourth-order valence-electron chi connectivity index (χ4n) is 1.77. The summed E-state index contributed by atoms with van der Waals surface area (Å²) in [5.41, 5.74) is 7.50. The van der Waals surface area contributed by atoms with Crippen LogP contribution in [0.5, 0.6) is 5.88 Å². The maximum Gasteiger partial charge on any atom is 0.338 e. The number of nitrogens with zero attached hydrogens (tertiary/aromatic N) is 2. The van der Waals surface area contributed by atoms with Crippen LogP contribution >= 0.6 is 0 Å². The third-order valence-electron chi connectivity index (χ3n) is 2.79. The monoisotopic (exact) mass is 302 g/mol. The SMILES string of the molecule is CCOC(=O)c1ccc(Nc2ncnc(OCC)c2N)cc1. The zero-order valence-corrected chi connectivity index (χ0v) is 12.5. The van der Waals surface area contributed by atoms with E-state index >= 15 is 0 Å². The van der Waals surface area contributed by atoms with E-state index in [1.165, 1.54) is 6.33 Å². The third kappa shape index (κ3) is 3.63. The number of esters is 1. The maximum atomic E-state index is 11.6. The predicted molar refractivity (Wildman–Crippen MR) is 83.3 cm³/mol. The topological polar surface area (TPSA) is 99.4 Å². The number of carbonyl (C=O) groups is 1. The highest BCUT2D eigenvalue weighted by Crippen LogP contribution is 2.27. The van der Waals surface area contributed by atoms with Crippen LogP contribution < -0.4 is 15.8 Å². The van der Waals surface area contributed by atoms with Gasteiger partial charge in [-0.05, 0) is 38.1 Å². The van der Waals surface area contributed by atoms with Gasteiger partial charge in [0.15, 0.2) is 5.82 Å². The Hall–Kier alpha value is -2.83. The number of carbonyl (C=O) groups excluding carboxylic acids is 1. The molecular weight excluding hydrogens is 284 g/mol. The van der Waals surface area contributed by atoms with E-state index in [2.05, 4.69) is 15.3 Å². The molecule has 0 atom stereocenters. The molecule has 0 aliphatic heterocycles. The van der Waals surface area contributed by atoms with E-state index in [4.69, 9.17) is 15.2 Å². The van der Waals surface area contributed by atoms with Crippen molar-refractivity contribution in [2.75, 3.05) is 24.3 Å². The first kappa shape index (κ1) is 15.6. The molecule has 0 saturated heterocycles. The van der Waals surface area contributed by atoms with Gasteiger partial charge in [-0.2, -0.15) is 4.98 Å². The average Bonchev–Trinajstić information content (AvgIpc) is 2.52. The van der Waals surface area contributed by atoms with Gasteiger partial charge in [-0.25, -0.2) is 9.78 Å². The van der Waals surface area contributed by atoms with Crippen molar-refractivity contribution in [2.45, 2.75) is 13.8 Å². The van der Waals surface area contributed by atoms with Crippen LogP contribution in [0.2, 0.25) is 0 Å². The molecule has 1 aromatic heterocycles. The average molecular weight is 302 g/mol. The minimum Gasteiger partial charge on any atom is -0.476 e. The molecular formula is C15H18N4O3. The number of benzene rings is 1. The highest BCUT2D eigenvalue weighted by atomic mass is 16.5. The van der Waals surface area contributed by atoms with Gasteiger partial charge in [-0.15, -0.1) is 0 Å².